The van der Waals surface area contributed by atoms with Gasteiger partial charge in [0.1, 0.15) is 0 Å². The fourth-order valence-corrected chi connectivity index (χ4v) is 2.62. The van der Waals surface area contributed by atoms with Gasteiger partial charge < -0.3 is 0 Å². The Kier molecular flexibility index (Phi) is 4.20. The molecule has 0 aromatic heterocycles. The molecule has 0 spiro atoms. The van der Waals surface area contributed by atoms with E-state index in [1.54, 1.807) is 12.1 Å². The van der Waals surface area contributed by atoms with Crippen molar-refractivity contribution in [2.45, 2.75) is 23.6 Å². The molecule has 4 nitrogen and oxygen atoms in total. The second kappa shape index (κ2) is 5.88. The molecule has 0 saturated heterocycles. The van der Waals surface area contributed by atoms with Crippen molar-refractivity contribution in [1.29, 1.82) is 0 Å². The molecule has 0 atom stereocenters. The first-order valence-corrected chi connectivity index (χ1v) is 6.83. The van der Waals surface area contributed by atoms with Crippen molar-refractivity contribution in [1.82, 2.24) is 0 Å². The van der Waals surface area contributed by atoms with Crippen molar-refractivity contribution in [2.24, 2.45) is 0 Å². The lowest BCUT2D eigenvalue weighted by Gasteiger charge is -2.05. The number of hydrogen-bond acceptors (Lipinski definition) is 4. The van der Waals surface area contributed by atoms with E-state index in [4.69, 9.17) is 0 Å². The summed E-state index contributed by atoms with van der Waals surface area (Å²) in [7, 11) is 0. The number of nitro benzene ring substituents is 1. The Labute approximate surface area is 121 Å². The average molecular weight is 287 g/mol. The Balaban J connectivity index is 2.34. The molecule has 0 unspecified atom stereocenters. The third kappa shape index (κ3) is 3.24. The van der Waals surface area contributed by atoms with E-state index in [0.717, 1.165) is 9.79 Å². The lowest BCUT2D eigenvalue weighted by Crippen LogP contribution is -2.00. The van der Waals surface area contributed by atoms with Crippen LogP contribution in [-0.4, -0.2) is 10.7 Å². The molecule has 5 heteroatoms. The highest BCUT2D eigenvalue weighted by Gasteiger charge is 2.17. The van der Waals surface area contributed by atoms with E-state index in [1.165, 1.54) is 30.3 Å². The zero-order valence-corrected chi connectivity index (χ0v) is 11.9. The molecular weight excluding hydrogens is 274 g/mol. The molecule has 0 heterocycles. The molecule has 0 saturated carbocycles. The number of carbonyl (C=O) groups is 1. The topological polar surface area (TPSA) is 60.2 Å². The van der Waals surface area contributed by atoms with Gasteiger partial charge in [-0.2, -0.15) is 0 Å². The smallest absolute Gasteiger partial charge is 0.280 e. The molecule has 0 radical (unpaired) electrons. The van der Waals surface area contributed by atoms with Crippen molar-refractivity contribution in [3.63, 3.8) is 0 Å². The van der Waals surface area contributed by atoms with Crippen LogP contribution in [0.2, 0.25) is 0 Å². The van der Waals surface area contributed by atoms with Crippen LogP contribution >= 0.6 is 11.8 Å². The van der Waals surface area contributed by atoms with Gasteiger partial charge in [0.15, 0.2) is 5.78 Å². The number of nitro groups is 1. The van der Waals surface area contributed by atoms with Crippen LogP contribution in [0.1, 0.15) is 22.8 Å². The lowest BCUT2D eigenvalue weighted by molar-refractivity contribution is -0.385. The maximum Gasteiger partial charge on any atom is 0.280 e. The van der Waals surface area contributed by atoms with Crippen LogP contribution in [0.25, 0.3) is 0 Å². The highest BCUT2D eigenvalue weighted by Crippen LogP contribution is 2.31. The zero-order chi connectivity index (χ0) is 14.7. The SMILES string of the molecule is CC(=O)c1cc(Sc2ccc(C)cc2)ccc1[N+](=O)[O-]. The maximum absolute atomic E-state index is 11.5. The highest BCUT2D eigenvalue weighted by atomic mass is 32.2. The number of rotatable bonds is 4. The Morgan fingerprint density at radius 2 is 1.70 bits per heavy atom. The number of Topliss-reactive ketones (excluding diaryl/α,β-unsaturated/α-hetero) is 1. The van der Waals surface area contributed by atoms with Crippen LogP contribution in [0.15, 0.2) is 52.3 Å². The predicted molar refractivity (Wildman–Crippen MR) is 78.4 cm³/mol. The Morgan fingerprint density at radius 3 is 2.25 bits per heavy atom. The monoisotopic (exact) mass is 287 g/mol. The molecule has 0 aliphatic rings. The molecule has 0 N–H and O–H groups in total. The Bertz CT molecular complexity index is 665. The van der Waals surface area contributed by atoms with Gasteiger partial charge in [-0.25, -0.2) is 0 Å². The second-order valence-electron chi connectivity index (χ2n) is 4.41. The van der Waals surface area contributed by atoms with Crippen LogP contribution in [0.3, 0.4) is 0 Å². The van der Waals surface area contributed by atoms with E-state index >= 15 is 0 Å². The van der Waals surface area contributed by atoms with E-state index in [9.17, 15) is 14.9 Å². The first-order chi connectivity index (χ1) is 9.47. The van der Waals surface area contributed by atoms with Gasteiger partial charge in [-0.05, 0) is 38.1 Å². The van der Waals surface area contributed by atoms with Gasteiger partial charge >= 0.3 is 0 Å². The van der Waals surface area contributed by atoms with Crippen molar-refractivity contribution >= 4 is 23.2 Å². The third-order valence-corrected chi connectivity index (χ3v) is 3.80. The van der Waals surface area contributed by atoms with Crippen LogP contribution in [0, 0.1) is 17.0 Å². The summed E-state index contributed by atoms with van der Waals surface area (Å²) < 4.78 is 0. The minimum atomic E-state index is -0.531. The number of ketones is 1. The largest absolute Gasteiger partial charge is 0.294 e. The summed E-state index contributed by atoms with van der Waals surface area (Å²) in [5.74, 6) is -0.303. The number of nitrogens with zero attached hydrogens (tertiary/aromatic N) is 1. The van der Waals surface area contributed by atoms with Gasteiger partial charge in [0.2, 0.25) is 0 Å². The first-order valence-electron chi connectivity index (χ1n) is 6.01. The summed E-state index contributed by atoms with van der Waals surface area (Å²) in [6.45, 7) is 3.34. The van der Waals surface area contributed by atoms with Gasteiger partial charge in [-0.3, -0.25) is 14.9 Å². The summed E-state index contributed by atoms with van der Waals surface area (Å²) in [5.41, 5.74) is 1.17. The Hall–Kier alpha value is -2.14. The molecule has 0 fully saturated rings. The molecule has 0 aliphatic carbocycles. The minimum Gasteiger partial charge on any atom is -0.294 e. The van der Waals surface area contributed by atoms with E-state index in [2.05, 4.69) is 0 Å². The van der Waals surface area contributed by atoms with Crippen molar-refractivity contribution in [3.8, 4) is 0 Å². The summed E-state index contributed by atoms with van der Waals surface area (Å²) in [5, 5.41) is 10.9. The van der Waals surface area contributed by atoms with E-state index in [1.807, 2.05) is 31.2 Å². The average Bonchev–Trinajstić information content (AvgIpc) is 2.41. The number of aryl methyl sites for hydroxylation is 1. The first kappa shape index (κ1) is 14.3. The van der Waals surface area contributed by atoms with Crippen molar-refractivity contribution < 1.29 is 9.72 Å². The number of hydrogen-bond donors (Lipinski definition) is 0. The standard InChI is InChI=1S/C15H13NO3S/c1-10-3-5-12(6-4-10)20-13-7-8-15(16(18)19)14(9-13)11(2)17/h3-9H,1-2H3. The number of carbonyl (C=O) groups excluding carboxylic acids is 1. The van der Waals surface area contributed by atoms with Crippen LogP contribution < -0.4 is 0 Å². The summed E-state index contributed by atoms with van der Waals surface area (Å²) in [6, 6.07) is 12.6. The van der Waals surface area contributed by atoms with E-state index in [0.29, 0.717) is 0 Å². The van der Waals surface area contributed by atoms with Gasteiger partial charge in [0, 0.05) is 15.9 Å². The minimum absolute atomic E-state index is 0.145. The normalized spacial score (nSPS) is 10.3. The summed E-state index contributed by atoms with van der Waals surface area (Å²) >= 11 is 1.47. The molecule has 102 valence electrons. The molecule has 0 amide bonds. The van der Waals surface area contributed by atoms with E-state index < -0.39 is 4.92 Å². The summed E-state index contributed by atoms with van der Waals surface area (Å²) in [4.78, 5) is 23.7. The van der Waals surface area contributed by atoms with Crippen molar-refractivity contribution in [3.05, 3.63) is 63.7 Å². The quantitative estimate of drug-likeness (QED) is 0.479. The third-order valence-electron chi connectivity index (χ3n) is 2.80. The van der Waals surface area contributed by atoms with Gasteiger partial charge in [-0.1, -0.05) is 29.5 Å². The van der Waals surface area contributed by atoms with Gasteiger partial charge in [-0.15, -0.1) is 0 Å². The molecule has 20 heavy (non-hydrogen) atoms. The second-order valence-corrected chi connectivity index (χ2v) is 5.55. The molecule has 0 bridgehead atoms. The molecule has 0 aliphatic heterocycles. The van der Waals surface area contributed by atoms with Crippen LogP contribution in [0.4, 0.5) is 5.69 Å². The molecular formula is C15H13NO3S. The molecule has 2 aromatic rings. The number of benzene rings is 2. The molecule has 2 rings (SSSR count). The zero-order valence-electron chi connectivity index (χ0n) is 11.1. The predicted octanol–water partition coefficient (Wildman–Crippen LogP) is 4.26. The Morgan fingerprint density at radius 1 is 1.10 bits per heavy atom. The fourth-order valence-electron chi connectivity index (χ4n) is 1.76. The lowest BCUT2D eigenvalue weighted by atomic mass is 10.1. The van der Waals surface area contributed by atoms with Crippen molar-refractivity contribution in [2.75, 3.05) is 0 Å². The van der Waals surface area contributed by atoms with Gasteiger partial charge in [0.25, 0.3) is 5.69 Å². The maximum atomic E-state index is 11.5. The van der Waals surface area contributed by atoms with Crippen LogP contribution in [0.5, 0.6) is 0 Å². The highest BCUT2D eigenvalue weighted by molar-refractivity contribution is 7.99. The molecule has 2 aromatic carbocycles. The summed E-state index contributed by atoms with van der Waals surface area (Å²) in [6.07, 6.45) is 0. The van der Waals surface area contributed by atoms with E-state index in [-0.39, 0.29) is 17.0 Å². The van der Waals surface area contributed by atoms with Gasteiger partial charge in [0.05, 0.1) is 10.5 Å². The fraction of sp³-hybridized carbons (Fsp3) is 0.133. The van der Waals surface area contributed by atoms with Crippen LogP contribution in [-0.2, 0) is 0 Å².